The normalized spacial score (nSPS) is 16.9. The van der Waals surface area contributed by atoms with Gasteiger partial charge in [-0.25, -0.2) is 27.9 Å². The molecule has 0 radical (unpaired) electrons. The number of aliphatic hydroxyl groups is 1. The molecule has 5 rings (SSSR count). The Kier molecular flexibility index (Phi) is 8.81. The van der Waals surface area contributed by atoms with Gasteiger partial charge in [0.2, 0.25) is 0 Å². The maximum atomic E-state index is 15.1. The maximum Gasteiger partial charge on any atom is 0.407 e. The lowest BCUT2D eigenvalue weighted by atomic mass is 10.1. The number of rotatable bonds is 7. The lowest BCUT2D eigenvalue weighted by Gasteiger charge is -2.43. The van der Waals surface area contributed by atoms with Crippen molar-refractivity contribution in [2.45, 2.75) is 45.7 Å². The van der Waals surface area contributed by atoms with Crippen LogP contribution in [0.1, 0.15) is 39.3 Å². The highest BCUT2D eigenvalue weighted by Gasteiger charge is 2.35. The minimum absolute atomic E-state index is 0.0864. The van der Waals surface area contributed by atoms with Gasteiger partial charge < -0.3 is 29.9 Å². The molecule has 4 aromatic rings. The summed E-state index contributed by atoms with van der Waals surface area (Å²) in [6.45, 7) is 7.06. The van der Waals surface area contributed by atoms with Crippen LogP contribution in [0.15, 0.2) is 35.3 Å². The van der Waals surface area contributed by atoms with Gasteiger partial charge in [-0.15, -0.1) is 0 Å². The fourth-order valence-corrected chi connectivity index (χ4v) is 5.77. The smallest absolute Gasteiger partial charge is 0.407 e. The standard InChI is InChI=1S/C30H31ClF2N6O6/c1-14(2)23-25(21(7-8-34-23)45-10-9-40)39-28-17(11-18(31)24(35-28)22-19(32)5-6-20(33)26(22)41)27(36-29(39)42)37-12-16(4)38(30(43)44)13-15(37)3/h5-8,11,14-16,40-41H,9-10,12-13H2,1-4H3,(H,43,44)/t15-,16+/m0/s1. The first-order valence-corrected chi connectivity index (χ1v) is 14.5. The van der Waals surface area contributed by atoms with Crippen LogP contribution in [0, 0.1) is 11.6 Å². The molecule has 4 heterocycles. The zero-order chi connectivity index (χ0) is 32.7. The number of anilines is 1. The largest absolute Gasteiger partial charge is 0.504 e. The van der Waals surface area contributed by atoms with Gasteiger partial charge in [-0.1, -0.05) is 25.4 Å². The number of benzene rings is 1. The summed E-state index contributed by atoms with van der Waals surface area (Å²) in [6.07, 6.45) is 0.406. The number of piperazine rings is 1. The maximum absolute atomic E-state index is 15.1. The third-order valence-corrected chi connectivity index (χ3v) is 7.94. The zero-order valence-corrected chi connectivity index (χ0v) is 25.6. The van der Waals surface area contributed by atoms with E-state index in [9.17, 15) is 29.3 Å². The van der Waals surface area contributed by atoms with Gasteiger partial charge >= 0.3 is 11.8 Å². The Labute approximate surface area is 261 Å². The van der Waals surface area contributed by atoms with Crippen molar-refractivity contribution < 1.29 is 33.6 Å². The topological polar surface area (TPSA) is 154 Å². The number of phenolic OH excluding ortho intramolecular Hbond substituents is 1. The molecular weight excluding hydrogens is 614 g/mol. The van der Waals surface area contributed by atoms with E-state index in [1.54, 1.807) is 18.7 Å². The van der Waals surface area contributed by atoms with Gasteiger partial charge in [-0.3, -0.25) is 4.98 Å². The summed E-state index contributed by atoms with van der Waals surface area (Å²) in [4.78, 5) is 42.4. The summed E-state index contributed by atoms with van der Waals surface area (Å²) in [5, 5.41) is 29.7. The molecule has 2 atom stereocenters. The number of aromatic hydroxyl groups is 1. The number of phenols is 1. The molecule has 0 bridgehead atoms. The SMILES string of the molecule is CC(C)c1nccc(OCCO)c1-n1c(=O)nc(N2C[C@@H](C)N(C(=O)O)C[C@@H]2C)c2cc(Cl)c(-c3c(F)ccc(F)c3O)nc21. The number of nitrogens with zero attached hydrogens (tertiary/aromatic N) is 6. The number of halogens is 3. The van der Waals surface area contributed by atoms with Gasteiger partial charge in [0.15, 0.2) is 17.2 Å². The highest BCUT2D eigenvalue weighted by Crippen LogP contribution is 2.41. The van der Waals surface area contributed by atoms with Crippen molar-refractivity contribution in [2.24, 2.45) is 0 Å². The Bertz CT molecular complexity index is 1850. The minimum Gasteiger partial charge on any atom is -0.504 e. The van der Waals surface area contributed by atoms with Crippen molar-refractivity contribution in [3.05, 3.63) is 63.3 Å². The van der Waals surface area contributed by atoms with Crippen LogP contribution in [0.25, 0.3) is 28.0 Å². The van der Waals surface area contributed by atoms with Gasteiger partial charge in [0, 0.05) is 37.4 Å². The molecule has 1 aromatic carbocycles. The first-order chi connectivity index (χ1) is 21.3. The monoisotopic (exact) mass is 644 g/mol. The Morgan fingerprint density at radius 1 is 1.13 bits per heavy atom. The predicted molar refractivity (Wildman–Crippen MR) is 163 cm³/mol. The summed E-state index contributed by atoms with van der Waals surface area (Å²) in [6, 6.07) is 3.58. The number of amides is 1. The van der Waals surface area contributed by atoms with Crippen LogP contribution < -0.4 is 15.3 Å². The van der Waals surface area contributed by atoms with Crippen molar-refractivity contribution in [3.8, 4) is 28.4 Å². The molecule has 0 saturated carbocycles. The second-order valence-corrected chi connectivity index (χ2v) is 11.5. The Balaban J connectivity index is 1.89. The van der Waals surface area contributed by atoms with E-state index in [2.05, 4.69) is 15.0 Å². The van der Waals surface area contributed by atoms with Crippen molar-refractivity contribution in [1.82, 2.24) is 24.4 Å². The average molecular weight is 645 g/mol. The van der Waals surface area contributed by atoms with Crippen molar-refractivity contribution in [3.63, 3.8) is 0 Å². The van der Waals surface area contributed by atoms with Crippen LogP contribution in [0.5, 0.6) is 11.5 Å². The minimum atomic E-state index is -1.11. The quantitative estimate of drug-likeness (QED) is 0.261. The Hall–Kier alpha value is -4.56. The number of fused-ring (bicyclic) bond motifs is 1. The number of aromatic nitrogens is 4. The molecule has 3 aromatic heterocycles. The molecule has 12 nitrogen and oxygen atoms in total. The molecule has 45 heavy (non-hydrogen) atoms. The summed E-state index contributed by atoms with van der Waals surface area (Å²) in [5.41, 5.74) is -1.28. The number of ether oxygens (including phenoxy) is 1. The predicted octanol–water partition coefficient (Wildman–Crippen LogP) is 4.55. The van der Waals surface area contributed by atoms with Crippen molar-refractivity contribution in [1.29, 1.82) is 0 Å². The lowest BCUT2D eigenvalue weighted by Crippen LogP contribution is -2.58. The molecule has 1 fully saturated rings. The molecule has 1 aliphatic heterocycles. The van der Waals surface area contributed by atoms with Crippen molar-refractivity contribution in [2.75, 3.05) is 31.2 Å². The summed E-state index contributed by atoms with van der Waals surface area (Å²) < 4.78 is 36.5. The van der Waals surface area contributed by atoms with E-state index in [1.807, 2.05) is 13.8 Å². The second kappa shape index (κ2) is 12.4. The molecule has 238 valence electrons. The van der Waals surface area contributed by atoms with Crippen molar-refractivity contribution >= 4 is 34.5 Å². The molecule has 0 aliphatic carbocycles. The third kappa shape index (κ3) is 5.71. The number of hydrogen-bond donors (Lipinski definition) is 3. The second-order valence-electron chi connectivity index (χ2n) is 11.1. The number of aliphatic hydroxyl groups excluding tert-OH is 1. The molecular formula is C30H31ClF2N6O6. The zero-order valence-electron chi connectivity index (χ0n) is 24.8. The number of pyridine rings is 2. The van der Waals surface area contributed by atoms with E-state index in [-0.39, 0.29) is 71.2 Å². The lowest BCUT2D eigenvalue weighted by molar-refractivity contribution is 0.114. The first-order valence-electron chi connectivity index (χ1n) is 14.1. The van der Waals surface area contributed by atoms with E-state index in [0.29, 0.717) is 5.69 Å². The first kappa shape index (κ1) is 31.9. The Morgan fingerprint density at radius 3 is 2.51 bits per heavy atom. The third-order valence-electron chi connectivity index (χ3n) is 7.65. The highest BCUT2D eigenvalue weighted by molar-refractivity contribution is 6.34. The summed E-state index contributed by atoms with van der Waals surface area (Å²) >= 11 is 6.65. The molecule has 0 unspecified atom stereocenters. The summed E-state index contributed by atoms with van der Waals surface area (Å²) in [5.74, 6) is -3.06. The van der Waals surface area contributed by atoms with E-state index < -0.39 is 46.8 Å². The van der Waals surface area contributed by atoms with Gasteiger partial charge in [0.25, 0.3) is 0 Å². The molecule has 15 heteroatoms. The van der Waals surface area contributed by atoms with E-state index >= 15 is 4.39 Å². The van der Waals surface area contributed by atoms with Gasteiger partial charge in [-0.05, 0) is 38.0 Å². The van der Waals surface area contributed by atoms with Crippen LogP contribution in [0.3, 0.4) is 0 Å². The van der Waals surface area contributed by atoms with Crippen LogP contribution >= 0.6 is 11.6 Å². The van der Waals surface area contributed by atoms with E-state index in [4.69, 9.17) is 16.3 Å². The van der Waals surface area contributed by atoms with E-state index in [0.717, 1.165) is 16.7 Å². The van der Waals surface area contributed by atoms with E-state index in [1.165, 1.54) is 23.2 Å². The van der Waals surface area contributed by atoms with Gasteiger partial charge in [0.05, 0.1) is 34.0 Å². The summed E-state index contributed by atoms with van der Waals surface area (Å²) in [7, 11) is 0. The van der Waals surface area contributed by atoms with Crippen LogP contribution in [0.2, 0.25) is 5.02 Å². The fraction of sp³-hybridized carbons (Fsp3) is 0.367. The van der Waals surface area contributed by atoms with Crippen LogP contribution in [-0.4, -0.2) is 84.2 Å². The molecule has 1 saturated heterocycles. The van der Waals surface area contributed by atoms with Crippen LogP contribution in [-0.2, 0) is 0 Å². The molecule has 0 spiro atoms. The average Bonchev–Trinajstić information content (AvgIpc) is 2.99. The Morgan fingerprint density at radius 2 is 1.84 bits per heavy atom. The number of carbonyl (C=O) groups is 1. The highest BCUT2D eigenvalue weighted by atomic mass is 35.5. The van der Waals surface area contributed by atoms with Crippen LogP contribution in [0.4, 0.5) is 19.4 Å². The number of hydrogen-bond acceptors (Lipinski definition) is 9. The fourth-order valence-electron chi connectivity index (χ4n) is 5.53. The molecule has 1 amide bonds. The van der Waals surface area contributed by atoms with Gasteiger partial charge in [0.1, 0.15) is 29.7 Å². The number of carboxylic acid groups (broad SMARTS) is 1. The van der Waals surface area contributed by atoms with Gasteiger partial charge in [-0.2, -0.15) is 4.98 Å². The molecule has 1 aliphatic rings. The molecule has 3 N–H and O–H groups in total.